The van der Waals surface area contributed by atoms with E-state index in [0.717, 1.165) is 26.1 Å². The molecule has 0 aliphatic heterocycles. The third-order valence-electron chi connectivity index (χ3n) is 3.40. The van der Waals surface area contributed by atoms with E-state index in [0.29, 0.717) is 13.2 Å². The summed E-state index contributed by atoms with van der Waals surface area (Å²) in [5, 5.41) is 3.38. The Hall–Kier alpha value is -0.650. The lowest BCUT2D eigenvalue weighted by Gasteiger charge is -2.35. The Labute approximate surface area is 131 Å². The number of carbonyl (C=O) groups excluding carboxylic acids is 1. The van der Waals surface area contributed by atoms with E-state index in [9.17, 15) is 4.79 Å². The van der Waals surface area contributed by atoms with Crippen LogP contribution in [-0.2, 0) is 9.53 Å². The topological polar surface area (TPSA) is 44.8 Å². The first kappa shape index (κ1) is 20.3. The number of nitrogens with one attached hydrogen (secondary N) is 1. The molecule has 0 aliphatic rings. The maximum absolute atomic E-state index is 12.3. The van der Waals surface area contributed by atoms with Gasteiger partial charge in [-0.3, -0.25) is 10.1 Å². The third kappa shape index (κ3) is 8.39. The summed E-state index contributed by atoms with van der Waals surface area (Å²) in [5.41, 5.74) is -0.654. The molecular formula is C16H35N3O2. The first-order valence-corrected chi connectivity index (χ1v) is 8.07. The van der Waals surface area contributed by atoms with E-state index in [2.05, 4.69) is 50.0 Å². The van der Waals surface area contributed by atoms with Gasteiger partial charge in [-0.05, 0) is 67.8 Å². The molecule has 5 heteroatoms. The van der Waals surface area contributed by atoms with Crippen molar-refractivity contribution in [3.05, 3.63) is 0 Å². The summed E-state index contributed by atoms with van der Waals surface area (Å²) in [6.07, 6.45) is 1.10. The van der Waals surface area contributed by atoms with Gasteiger partial charge in [-0.1, -0.05) is 6.92 Å². The van der Waals surface area contributed by atoms with Crippen molar-refractivity contribution in [1.82, 2.24) is 15.1 Å². The number of rotatable bonds is 11. The van der Waals surface area contributed by atoms with Gasteiger partial charge >= 0.3 is 5.97 Å². The molecule has 0 saturated heterocycles. The predicted molar refractivity (Wildman–Crippen MR) is 88.6 cm³/mol. The van der Waals surface area contributed by atoms with Gasteiger partial charge in [-0.2, -0.15) is 0 Å². The highest BCUT2D eigenvalue weighted by molar-refractivity contribution is 5.80. The van der Waals surface area contributed by atoms with Gasteiger partial charge in [0.1, 0.15) is 5.54 Å². The molecule has 1 atom stereocenters. The molecule has 0 rings (SSSR count). The molecule has 5 nitrogen and oxygen atoms in total. The largest absolute Gasteiger partial charge is 0.465 e. The average molecular weight is 301 g/mol. The first-order chi connectivity index (χ1) is 9.75. The van der Waals surface area contributed by atoms with Crippen molar-refractivity contribution >= 4 is 5.97 Å². The molecule has 0 saturated carbocycles. The Bertz CT molecular complexity index is 295. The van der Waals surface area contributed by atoms with Crippen molar-refractivity contribution in [2.24, 2.45) is 0 Å². The van der Waals surface area contributed by atoms with Crippen molar-refractivity contribution in [2.45, 2.75) is 52.6 Å². The zero-order valence-corrected chi connectivity index (χ0v) is 15.0. The number of esters is 1. The Kier molecular flexibility index (Phi) is 9.83. The lowest BCUT2D eigenvalue weighted by Crippen LogP contribution is -2.59. The number of carbonyl (C=O) groups is 1. The van der Waals surface area contributed by atoms with Gasteiger partial charge in [-0.25, -0.2) is 0 Å². The highest BCUT2D eigenvalue weighted by Crippen LogP contribution is 2.12. The summed E-state index contributed by atoms with van der Waals surface area (Å²) in [5.74, 6) is -0.162. The summed E-state index contributed by atoms with van der Waals surface area (Å²) >= 11 is 0. The molecule has 0 aromatic carbocycles. The zero-order valence-electron chi connectivity index (χ0n) is 15.0. The Morgan fingerprint density at radius 3 is 2.29 bits per heavy atom. The second-order valence-corrected chi connectivity index (χ2v) is 6.38. The third-order valence-corrected chi connectivity index (χ3v) is 3.40. The molecular weight excluding hydrogens is 266 g/mol. The molecule has 1 unspecified atom stereocenters. The van der Waals surface area contributed by atoms with Gasteiger partial charge < -0.3 is 14.5 Å². The van der Waals surface area contributed by atoms with Gasteiger partial charge in [-0.15, -0.1) is 0 Å². The minimum Gasteiger partial charge on any atom is -0.465 e. The second kappa shape index (κ2) is 10.1. The van der Waals surface area contributed by atoms with Crippen LogP contribution in [0, 0.1) is 0 Å². The van der Waals surface area contributed by atoms with Crippen LogP contribution < -0.4 is 5.32 Å². The zero-order chi connectivity index (χ0) is 16.5. The highest BCUT2D eigenvalue weighted by Gasteiger charge is 2.36. The van der Waals surface area contributed by atoms with Gasteiger partial charge in [0.05, 0.1) is 6.61 Å². The number of ether oxygens (including phenoxy) is 1. The van der Waals surface area contributed by atoms with Crippen molar-refractivity contribution in [2.75, 3.05) is 46.9 Å². The van der Waals surface area contributed by atoms with Crippen LogP contribution in [0.3, 0.4) is 0 Å². The van der Waals surface area contributed by atoms with Gasteiger partial charge in [0.25, 0.3) is 0 Å². The predicted octanol–water partition coefficient (Wildman–Crippen LogP) is 1.58. The number of hydrogen-bond donors (Lipinski definition) is 1. The highest BCUT2D eigenvalue weighted by atomic mass is 16.5. The summed E-state index contributed by atoms with van der Waals surface area (Å²) in [7, 11) is 4.17. The van der Waals surface area contributed by atoms with Gasteiger partial charge in [0.15, 0.2) is 0 Å². The molecule has 0 amide bonds. The van der Waals surface area contributed by atoms with Crippen LogP contribution in [0.15, 0.2) is 0 Å². The molecule has 21 heavy (non-hydrogen) atoms. The number of nitrogens with zero attached hydrogens (tertiary/aromatic N) is 2. The minimum atomic E-state index is -0.654. The quantitative estimate of drug-likeness (QED) is 0.587. The Morgan fingerprint density at radius 1 is 1.24 bits per heavy atom. The van der Waals surface area contributed by atoms with Crippen LogP contribution in [0.2, 0.25) is 0 Å². The molecule has 0 aromatic rings. The molecule has 0 aliphatic carbocycles. The Morgan fingerprint density at radius 2 is 1.86 bits per heavy atom. The van der Waals surface area contributed by atoms with Crippen LogP contribution in [0.4, 0.5) is 0 Å². The SMILES string of the molecule is CCOC(=O)C(C)(CN(CC)CCCN(C)C)NC(C)C. The molecule has 126 valence electrons. The lowest BCUT2D eigenvalue weighted by molar-refractivity contribution is -0.151. The summed E-state index contributed by atoms with van der Waals surface area (Å²) in [4.78, 5) is 16.8. The molecule has 0 radical (unpaired) electrons. The van der Waals surface area contributed by atoms with Gasteiger partial charge in [0, 0.05) is 12.6 Å². The van der Waals surface area contributed by atoms with Crippen LogP contribution in [0.25, 0.3) is 0 Å². The van der Waals surface area contributed by atoms with Crippen LogP contribution in [0.1, 0.15) is 41.0 Å². The summed E-state index contributed by atoms with van der Waals surface area (Å²) in [6.45, 7) is 14.1. The molecule has 1 N–H and O–H groups in total. The van der Waals surface area contributed by atoms with E-state index in [-0.39, 0.29) is 12.0 Å². The summed E-state index contributed by atoms with van der Waals surface area (Å²) in [6, 6.07) is 0.236. The normalized spacial score (nSPS) is 14.8. The fourth-order valence-electron chi connectivity index (χ4n) is 2.50. The van der Waals surface area contributed by atoms with Crippen molar-refractivity contribution in [3.63, 3.8) is 0 Å². The maximum Gasteiger partial charge on any atom is 0.327 e. The van der Waals surface area contributed by atoms with Crippen LogP contribution in [-0.4, -0.2) is 74.2 Å². The monoisotopic (exact) mass is 301 g/mol. The lowest BCUT2D eigenvalue weighted by atomic mass is 10.00. The average Bonchev–Trinajstić information content (AvgIpc) is 2.36. The van der Waals surface area contributed by atoms with Crippen LogP contribution in [0.5, 0.6) is 0 Å². The molecule has 0 fully saturated rings. The summed E-state index contributed by atoms with van der Waals surface area (Å²) < 4.78 is 5.26. The molecule has 0 spiro atoms. The van der Waals surface area contributed by atoms with E-state index >= 15 is 0 Å². The van der Waals surface area contributed by atoms with E-state index in [1.807, 2.05) is 13.8 Å². The fraction of sp³-hybridized carbons (Fsp3) is 0.938. The first-order valence-electron chi connectivity index (χ1n) is 8.07. The van der Waals surface area contributed by atoms with E-state index in [4.69, 9.17) is 4.74 Å². The van der Waals surface area contributed by atoms with E-state index < -0.39 is 5.54 Å². The smallest absolute Gasteiger partial charge is 0.327 e. The van der Waals surface area contributed by atoms with Gasteiger partial charge in [0.2, 0.25) is 0 Å². The van der Waals surface area contributed by atoms with E-state index in [1.165, 1.54) is 0 Å². The van der Waals surface area contributed by atoms with Crippen molar-refractivity contribution < 1.29 is 9.53 Å². The van der Waals surface area contributed by atoms with Crippen LogP contribution >= 0.6 is 0 Å². The molecule has 0 bridgehead atoms. The fourth-order valence-corrected chi connectivity index (χ4v) is 2.50. The maximum atomic E-state index is 12.3. The molecule has 0 heterocycles. The van der Waals surface area contributed by atoms with E-state index in [1.54, 1.807) is 0 Å². The number of likely N-dealkylation sites (N-methyl/N-ethyl adjacent to an activating group) is 1. The molecule has 0 aromatic heterocycles. The van der Waals surface area contributed by atoms with Crippen molar-refractivity contribution in [1.29, 1.82) is 0 Å². The second-order valence-electron chi connectivity index (χ2n) is 6.38. The van der Waals surface area contributed by atoms with Crippen molar-refractivity contribution in [3.8, 4) is 0 Å². The standard InChI is InChI=1S/C16H35N3O2/c1-8-19(12-10-11-18(6)7)13-16(5,17-14(3)4)15(20)21-9-2/h14,17H,8-13H2,1-7H3. The Balaban J connectivity index is 4.70. The number of hydrogen-bond acceptors (Lipinski definition) is 5. The minimum absolute atomic E-state index is 0.162.